The van der Waals surface area contributed by atoms with Crippen LogP contribution in [0.3, 0.4) is 0 Å². The van der Waals surface area contributed by atoms with Gasteiger partial charge in [0.25, 0.3) is 0 Å². The van der Waals surface area contributed by atoms with Crippen molar-refractivity contribution in [3.05, 3.63) is 56.5 Å². The van der Waals surface area contributed by atoms with Crippen molar-refractivity contribution in [1.82, 2.24) is 0 Å². The maximum Gasteiger partial charge on any atom is 0.147 e. The molecule has 100 valence electrons. The van der Waals surface area contributed by atoms with Gasteiger partial charge in [0.2, 0.25) is 0 Å². The summed E-state index contributed by atoms with van der Waals surface area (Å²) in [5, 5.41) is 1.09. The molecular formula is C14H12BrCl2NO. The quantitative estimate of drug-likeness (QED) is 0.776. The zero-order valence-electron chi connectivity index (χ0n) is 10.2. The molecule has 0 fully saturated rings. The minimum atomic E-state index is -0.0433. The first-order valence-electron chi connectivity index (χ1n) is 5.65. The fraction of sp³-hybridized carbons (Fsp3) is 0.143. The zero-order valence-corrected chi connectivity index (χ0v) is 13.3. The lowest BCUT2D eigenvalue weighted by Crippen LogP contribution is -2.05. The van der Waals surface area contributed by atoms with E-state index < -0.39 is 0 Å². The van der Waals surface area contributed by atoms with Crippen molar-refractivity contribution in [1.29, 1.82) is 0 Å². The average molecular weight is 361 g/mol. The van der Waals surface area contributed by atoms with Crippen LogP contribution in [0.2, 0.25) is 10.0 Å². The van der Waals surface area contributed by atoms with Crippen LogP contribution >= 0.6 is 39.1 Å². The van der Waals surface area contributed by atoms with Crippen LogP contribution in [-0.4, -0.2) is 0 Å². The number of hydrogen-bond donors (Lipinski definition) is 1. The summed E-state index contributed by atoms with van der Waals surface area (Å²) < 4.78 is 6.62. The van der Waals surface area contributed by atoms with E-state index in [-0.39, 0.29) is 6.04 Å². The number of rotatable bonds is 3. The fourth-order valence-corrected chi connectivity index (χ4v) is 2.66. The molecule has 1 atom stereocenters. The maximum absolute atomic E-state index is 6.05. The van der Waals surface area contributed by atoms with Crippen molar-refractivity contribution >= 4 is 39.1 Å². The Morgan fingerprint density at radius 2 is 1.89 bits per heavy atom. The highest BCUT2D eigenvalue weighted by molar-refractivity contribution is 9.10. The van der Waals surface area contributed by atoms with Crippen molar-refractivity contribution in [2.24, 2.45) is 5.73 Å². The lowest BCUT2D eigenvalue weighted by atomic mass is 10.1. The minimum absolute atomic E-state index is 0.0433. The topological polar surface area (TPSA) is 35.2 Å². The summed E-state index contributed by atoms with van der Waals surface area (Å²) in [5.41, 5.74) is 6.87. The smallest absolute Gasteiger partial charge is 0.147 e. The molecule has 2 rings (SSSR count). The molecule has 1 unspecified atom stereocenters. The van der Waals surface area contributed by atoms with Crippen molar-refractivity contribution in [2.75, 3.05) is 0 Å². The van der Waals surface area contributed by atoms with Crippen molar-refractivity contribution in [2.45, 2.75) is 13.0 Å². The van der Waals surface area contributed by atoms with Gasteiger partial charge >= 0.3 is 0 Å². The number of nitrogens with two attached hydrogens (primary N) is 1. The number of hydrogen-bond acceptors (Lipinski definition) is 2. The third-order valence-electron chi connectivity index (χ3n) is 2.58. The second-order valence-electron chi connectivity index (χ2n) is 4.15. The summed E-state index contributed by atoms with van der Waals surface area (Å²) >= 11 is 15.4. The highest BCUT2D eigenvalue weighted by Crippen LogP contribution is 2.34. The van der Waals surface area contributed by atoms with Gasteiger partial charge in [0.05, 0.1) is 5.02 Å². The van der Waals surface area contributed by atoms with E-state index in [9.17, 15) is 0 Å². The van der Waals surface area contributed by atoms with Gasteiger partial charge in [-0.25, -0.2) is 0 Å². The summed E-state index contributed by atoms with van der Waals surface area (Å²) in [6, 6.07) is 10.7. The van der Waals surface area contributed by atoms with Crippen LogP contribution in [0.25, 0.3) is 0 Å². The minimum Gasteiger partial charge on any atom is -0.456 e. The molecule has 2 aromatic carbocycles. The van der Waals surface area contributed by atoms with Crippen LogP contribution in [0.4, 0.5) is 0 Å². The van der Waals surface area contributed by atoms with Gasteiger partial charge in [-0.3, -0.25) is 0 Å². The highest BCUT2D eigenvalue weighted by atomic mass is 79.9. The van der Waals surface area contributed by atoms with Crippen LogP contribution in [-0.2, 0) is 0 Å². The van der Waals surface area contributed by atoms with Crippen LogP contribution in [0.5, 0.6) is 11.5 Å². The normalized spacial score (nSPS) is 12.3. The van der Waals surface area contributed by atoms with E-state index in [1.807, 2.05) is 25.1 Å². The van der Waals surface area contributed by atoms with Gasteiger partial charge in [-0.05, 0) is 36.8 Å². The molecule has 0 aromatic heterocycles. The summed E-state index contributed by atoms with van der Waals surface area (Å²) in [5.74, 6) is 1.19. The Morgan fingerprint density at radius 3 is 2.53 bits per heavy atom. The summed E-state index contributed by atoms with van der Waals surface area (Å²) in [4.78, 5) is 0. The van der Waals surface area contributed by atoms with Crippen LogP contribution < -0.4 is 10.5 Å². The monoisotopic (exact) mass is 359 g/mol. The van der Waals surface area contributed by atoms with Gasteiger partial charge in [-0.2, -0.15) is 0 Å². The molecule has 0 aliphatic carbocycles. The van der Waals surface area contributed by atoms with Gasteiger partial charge in [-0.1, -0.05) is 45.2 Å². The highest BCUT2D eigenvalue weighted by Gasteiger charge is 2.08. The molecule has 0 spiro atoms. The molecule has 0 aliphatic heterocycles. The molecule has 0 heterocycles. The Hall–Kier alpha value is -0.740. The van der Waals surface area contributed by atoms with Gasteiger partial charge < -0.3 is 10.5 Å². The Balaban J connectivity index is 2.29. The zero-order chi connectivity index (χ0) is 14.0. The van der Waals surface area contributed by atoms with E-state index in [4.69, 9.17) is 33.7 Å². The third kappa shape index (κ3) is 3.63. The number of benzene rings is 2. The van der Waals surface area contributed by atoms with Crippen LogP contribution in [0.15, 0.2) is 40.9 Å². The second-order valence-corrected chi connectivity index (χ2v) is 5.85. The lowest BCUT2D eigenvalue weighted by Gasteiger charge is -2.12. The van der Waals surface area contributed by atoms with E-state index in [2.05, 4.69) is 15.9 Å². The molecule has 0 saturated heterocycles. The van der Waals surface area contributed by atoms with Gasteiger partial charge in [0, 0.05) is 21.6 Å². The first-order valence-corrected chi connectivity index (χ1v) is 7.20. The third-order valence-corrected chi connectivity index (χ3v) is 3.82. The largest absolute Gasteiger partial charge is 0.456 e. The predicted octanol–water partition coefficient (Wildman–Crippen LogP) is 5.57. The Kier molecular flexibility index (Phi) is 4.74. The second kappa shape index (κ2) is 6.14. The molecule has 0 radical (unpaired) electrons. The average Bonchev–Trinajstić information content (AvgIpc) is 2.33. The first-order chi connectivity index (χ1) is 8.97. The molecule has 2 aromatic rings. The van der Waals surface area contributed by atoms with Gasteiger partial charge in [0.1, 0.15) is 11.5 Å². The first kappa shape index (κ1) is 14.7. The molecule has 0 aliphatic rings. The molecular weight excluding hydrogens is 349 g/mol. The standard InChI is InChI=1S/C14H12BrCl2NO/c1-8(18)11-4-3-10(7-12(11)15)19-14-6-9(16)2-5-13(14)17/h2-8H,18H2,1H3. The fourth-order valence-electron chi connectivity index (χ4n) is 1.62. The van der Waals surface area contributed by atoms with Crippen molar-refractivity contribution < 1.29 is 4.74 Å². The number of halogens is 3. The number of ether oxygens (including phenoxy) is 1. The van der Waals surface area contributed by atoms with Crippen molar-refractivity contribution in [3.63, 3.8) is 0 Å². The molecule has 2 N–H and O–H groups in total. The summed E-state index contributed by atoms with van der Waals surface area (Å²) in [6.07, 6.45) is 0. The molecule has 19 heavy (non-hydrogen) atoms. The van der Waals surface area contributed by atoms with Crippen molar-refractivity contribution in [3.8, 4) is 11.5 Å². The predicted molar refractivity (Wildman–Crippen MR) is 83.3 cm³/mol. The Labute approximate surface area is 130 Å². The van der Waals surface area contributed by atoms with E-state index >= 15 is 0 Å². The van der Waals surface area contributed by atoms with Gasteiger partial charge in [0.15, 0.2) is 0 Å². The molecule has 2 nitrogen and oxygen atoms in total. The Bertz CT molecular complexity index is 602. The van der Waals surface area contributed by atoms with Crippen LogP contribution in [0.1, 0.15) is 18.5 Å². The van der Waals surface area contributed by atoms with Gasteiger partial charge in [-0.15, -0.1) is 0 Å². The van der Waals surface area contributed by atoms with E-state index in [1.165, 1.54) is 0 Å². The van der Waals surface area contributed by atoms with E-state index in [1.54, 1.807) is 18.2 Å². The molecule has 0 amide bonds. The SMILES string of the molecule is CC(N)c1ccc(Oc2cc(Cl)ccc2Cl)cc1Br. The summed E-state index contributed by atoms with van der Waals surface area (Å²) in [7, 11) is 0. The lowest BCUT2D eigenvalue weighted by molar-refractivity contribution is 0.482. The Morgan fingerprint density at radius 1 is 1.16 bits per heavy atom. The van der Waals surface area contributed by atoms with Crippen LogP contribution in [0, 0.1) is 0 Å². The molecule has 0 bridgehead atoms. The maximum atomic E-state index is 6.05. The summed E-state index contributed by atoms with van der Waals surface area (Å²) in [6.45, 7) is 1.93. The molecule has 0 saturated carbocycles. The van der Waals surface area contributed by atoms with E-state index in [0.717, 1.165) is 10.0 Å². The molecule has 5 heteroatoms. The van der Waals surface area contributed by atoms with E-state index in [0.29, 0.717) is 21.5 Å².